The Balaban J connectivity index is 1.93. The van der Waals surface area contributed by atoms with Crippen molar-refractivity contribution in [1.29, 1.82) is 0 Å². The molecule has 3 amide bonds. The van der Waals surface area contributed by atoms with E-state index in [2.05, 4.69) is 10.6 Å². The minimum Gasteiger partial charge on any atom is -0.326 e. The topological polar surface area (TPSA) is 78.5 Å². The number of rotatable bonds is 4. The minimum absolute atomic E-state index is 0.0948. The van der Waals surface area contributed by atoms with Gasteiger partial charge in [-0.15, -0.1) is 0 Å². The van der Waals surface area contributed by atoms with Crippen molar-refractivity contribution in [3.05, 3.63) is 24.3 Å². The monoisotopic (exact) mass is 337 g/mol. The molecule has 0 spiro atoms. The van der Waals surface area contributed by atoms with Crippen LogP contribution in [0.4, 0.5) is 11.4 Å². The fraction of sp³-hybridized carbons (Fsp3) is 0.286. The molecule has 0 aromatic heterocycles. The second-order valence-electron chi connectivity index (χ2n) is 4.76. The average molecular weight is 337 g/mol. The van der Waals surface area contributed by atoms with Crippen molar-refractivity contribution >= 4 is 57.4 Å². The van der Waals surface area contributed by atoms with Gasteiger partial charge in [-0.05, 0) is 31.2 Å². The lowest BCUT2D eigenvalue weighted by Gasteiger charge is -2.15. The van der Waals surface area contributed by atoms with Crippen molar-refractivity contribution in [2.45, 2.75) is 19.1 Å². The Morgan fingerprint density at radius 2 is 1.77 bits per heavy atom. The van der Waals surface area contributed by atoms with Crippen LogP contribution in [0.3, 0.4) is 0 Å². The van der Waals surface area contributed by atoms with E-state index < -0.39 is 0 Å². The van der Waals surface area contributed by atoms with Crippen LogP contribution in [0.5, 0.6) is 0 Å². The Labute approximate surface area is 137 Å². The van der Waals surface area contributed by atoms with Crippen LogP contribution in [-0.4, -0.2) is 38.7 Å². The van der Waals surface area contributed by atoms with Crippen LogP contribution in [0.1, 0.15) is 13.8 Å². The van der Waals surface area contributed by atoms with Crippen LogP contribution in [0, 0.1) is 0 Å². The Bertz CT molecular complexity index is 631. The third-order valence-corrected chi connectivity index (χ3v) is 4.39. The zero-order valence-electron chi connectivity index (χ0n) is 12.1. The number of benzene rings is 1. The first-order valence-corrected chi connectivity index (χ1v) is 7.85. The quantitative estimate of drug-likeness (QED) is 0.820. The molecule has 2 rings (SSSR count). The van der Waals surface area contributed by atoms with Gasteiger partial charge in [0, 0.05) is 18.3 Å². The summed E-state index contributed by atoms with van der Waals surface area (Å²) in [5.41, 5.74) is 1.23. The van der Waals surface area contributed by atoms with Crippen LogP contribution in [0.25, 0.3) is 0 Å². The number of thioether (sulfide) groups is 1. The minimum atomic E-state index is -0.322. The number of anilines is 2. The van der Waals surface area contributed by atoms with Crippen LogP contribution in [0.2, 0.25) is 0 Å². The first kappa shape index (κ1) is 16.4. The predicted molar refractivity (Wildman–Crippen MR) is 90.7 cm³/mol. The van der Waals surface area contributed by atoms with Gasteiger partial charge in [-0.25, -0.2) is 0 Å². The fourth-order valence-electron chi connectivity index (χ4n) is 1.90. The third kappa shape index (κ3) is 4.05. The molecule has 0 aliphatic carbocycles. The smallest absolute Gasteiger partial charge is 0.244 e. The summed E-state index contributed by atoms with van der Waals surface area (Å²) in [6.45, 7) is 3.09. The second kappa shape index (κ2) is 6.89. The second-order valence-corrected chi connectivity index (χ2v) is 6.73. The number of amides is 3. The van der Waals surface area contributed by atoms with Gasteiger partial charge >= 0.3 is 0 Å². The Hall–Kier alpha value is -1.93. The zero-order valence-corrected chi connectivity index (χ0v) is 13.7. The maximum Gasteiger partial charge on any atom is 0.244 e. The van der Waals surface area contributed by atoms with Crippen LogP contribution < -0.4 is 10.6 Å². The van der Waals surface area contributed by atoms with Crippen LogP contribution >= 0.6 is 24.0 Å². The number of carbonyl (C=O) groups excluding carboxylic acids is 3. The van der Waals surface area contributed by atoms with E-state index in [1.165, 1.54) is 23.6 Å². The molecule has 22 heavy (non-hydrogen) atoms. The molecule has 8 heteroatoms. The standard InChI is InChI=1S/C14H15N3O3S2/c1-8-13(20)17(14(21)22-8)7-12(19)16-11-5-3-10(4-6-11)15-9(2)18/h3-6,8H,7H2,1-2H3,(H,15,18)(H,16,19). The van der Waals surface area contributed by atoms with Gasteiger partial charge in [-0.1, -0.05) is 24.0 Å². The number of thiocarbonyl (C=S) groups is 1. The lowest BCUT2D eigenvalue weighted by Crippen LogP contribution is -2.37. The number of nitrogens with zero attached hydrogens (tertiary/aromatic N) is 1. The predicted octanol–water partition coefficient (Wildman–Crippen LogP) is 1.83. The van der Waals surface area contributed by atoms with Gasteiger partial charge in [-0.3, -0.25) is 19.3 Å². The summed E-state index contributed by atoms with van der Waals surface area (Å²) >= 11 is 6.36. The van der Waals surface area contributed by atoms with Crippen LogP contribution in [0.15, 0.2) is 24.3 Å². The van der Waals surface area contributed by atoms with E-state index in [0.717, 1.165) is 0 Å². The molecular formula is C14H15N3O3S2. The van der Waals surface area contributed by atoms with E-state index >= 15 is 0 Å². The molecule has 1 heterocycles. The van der Waals surface area contributed by atoms with Crippen molar-refractivity contribution in [2.24, 2.45) is 0 Å². The van der Waals surface area contributed by atoms with Gasteiger partial charge in [-0.2, -0.15) is 0 Å². The summed E-state index contributed by atoms with van der Waals surface area (Å²) in [6.07, 6.45) is 0. The molecule has 1 aliphatic rings. The lowest BCUT2D eigenvalue weighted by molar-refractivity contribution is -0.129. The zero-order chi connectivity index (χ0) is 16.3. The van der Waals surface area contributed by atoms with E-state index in [1.807, 2.05) is 0 Å². The van der Waals surface area contributed by atoms with E-state index in [1.54, 1.807) is 31.2 Å². The molecule has 1 saturated heterocycles. The van der Waals surface area contributed by atoms with E-state index in [-0.39, 0.29) is 29.5 Å². The Morgan fingerprint density at radius 1 is 1.23 bits per heavy atom. The molecular weight excluding hydrogens is 322 g/mol. The number of carbonyl (C=O) groups is 3. The van der Waals surface area contributed by atoms with Crippen molar-refractivity contribution < 1.29 is 14.4 Å². The fourth-order valence-corrected chi connectivity index (χ4v) is 3.30. The van der Waals surface area contributed by atoms with Crippen molar-refractivity contribution in [3.63, 3.8) is 0 Å². The summed E-state index contributed by atoms with van der Waals surface area (Å²) < 4.78 is 0.425. The molecule has 6 nitrogen and oxygen atoms in total. The number of hydrogen-bond donors (Lipinski definition) is 2. The van der Waals surface area contributed by atoms with Gasteiger partial charge < -0.3 is 10.6 Å². The highest BCUT2D eigenvalue weighted by atomic mass is 32.2. The van der Waals surface area contributed by atoms with Gasteiger partial charge in [0.25, 0.3) is 0 Å². The van der Waals surface area contributed by atoms with E-state index in [4.69, 9.17) is 12.2 Å². The summed E-state index contributed by atoms with van der Waals surface area (Å²) in [6, 6.07) is 6.70. The molecule has 1 atom stereocenters. The largest absolute Gasteiger partial charge is 0.326 e. The molecule has 1 unspecified atom stereocenters. The maximum atomic E-state index is 12.0. The maximum absolute atomic E-state index is 12.0. The average Bonchev–Trinajstić information content (AvgIpc) is 2.67. The molecule has 1 aromatic rings. The summed E-state index contributed by atoms with van der Waals surface area (Å²) in [4.78, 5) is 36.1. The number of hydrogen-bond acceptors (Lipinski definition) is 5. The summed E-state index contributed by atoms with van der Waals surface area (Å²) in [5.74, 6) is -0.631. The highest BCUT2D eigenvalue weighted by Gasteiger charge is 2.34. The molecule has 1 aliphatic heterocycles. The van der Waals surface area contributed by atoms with Gasteiger partial charge in [0.1, 0.15) is 10.9 Å². The SMILES string of the molecule is CC(=O)Nc1ccc(NC(=O)CN2C(=O)C(C)SC2=S)cc1. The number of nitrogens with one attached hydrogen (secondary N) is 2. The van der Waals surface area contributed by atoms with Crippen molar-refractivity contribution in [3.8, 4) is 0 Å². The molecule has 0 saturated carbocycles. The molecule has 0 radical (unpaired) electrons. The van der Waals surface area contributed by atoms with Gasteiger partial charge in [0.05, 0.1) is 5.25 Å². The Kier molecular flexibility index (Phi) is 5.15. The van der Waals surface area contributed by atoms with Crippen molar-refractivity contribution in [1.82, 2.24) is 4.90 Å². The lowest BCUT2D eigenvalue weighted by atomic mass is 10.2. The molecule has 1 aromatic carbocycles. The third-order valence-electron chi connectivity index (χ3n) is 2.90. The Morgan fingerprint density at radius 3 is 2.23 bits per heavy atom. The first-order chi connectivity index (χ1) is 10.4. The van der Waals surface area contributed by atoms with Gasteiger partial charge in [0.15, 0.2) is 0 Å². The highest BCUT2D eigenvalue weighted by Crippen LogP contribution is 2.26. The highest BCUT2D eigenvalue weighted by molar-refractivity contribution is 8.24. The normalized spacial score (nSPS) is 17.5. The molecule has 116 valence electrons. The van der Waals surface area contributed by atoms with Crippen LogP contribution in [-0.2, 0) is 14.4 Å². The molecule has 1 fully saturated rings. The summed E-state index contributed by atoms with van der Waals surface area (Å²) in [5, 5.41) is 5.09. The van der Waals surface area contributed by atoms with E-state index in [0.29, 0.717) is 15.7 Å². The first-order valence-electron chi connectivity index (χ1n) is 6.56. The molecule has 0 bridgehead atoms. The van der Waals surface area contributed by atoms with Gasteiger partial charge in [0.2, 0.25) is 17.7 Å². The molecule has 2 N–H and O–H groups in total. The summed E-state index contributed by atoms with van der Waals surface area (Å²) in [7, 11) is 0. The van der Waals surface area contributed by atoms with Crippen molar-refractivity contribution in [2.75, 3.05) is 17.2 Å². The van der Waals surface area contributed by atoms with E-state index in [9.17, 15) is 14.4 Å².